The molecular weight excluding hydrogens is 308 g/mol. The van der Waals surface area contributed by atoms with E-state index in [1.165, 1.54) is 21.0 Å². The molecule has 0 aliphatic carbocycles. The zero-order chi connectivity index (χ0) is 16.5. The van der Waals surface area contributed by atoms with E-state index in [0.29, 0.717) is 5.56 Å². The van der Waals surface area contributed by atoms with Crippen LogP contribution >= 0.6 is 0 Å². The Morgan fingerprint density at radius 3 is 2.32 bits per heavy atom. The average molecular weight is 324 g/mol. The van der Waals surface area contributed by atoms with Gasteiger partial charge in [0.05, 0.1) is 0 Å². The lowest BCUT2D eigenvalue weighted by atomic mass is 10.3. The molecule has 9 heteroatoms. The van der Waals surface area contributed by atoms with Crippen molar-refractivity contribution in [3.8, 4) is 0 Å². The van der Waals surface area contributed by atoms with Gasteiger partial charge in [-0.1, -0.05) is 0 Å². The highest BCUT2D eigenvalue weighted by Gasteiger charge is 2.24. The summed E-state index contributed by atoms with van der Waals surface area (Å²) in [5.74, 6) is 0. The third kappa shape index (κ3) is 2.85. The molecule has 2 aromatic rings. The normalized spacial score (nSPS) is 11.6. The molecule has 8 nitrogen and oxygen atoms in total. The lowest BCUT2D eigenvalue weighted by Gasteiger charge is -2.13. The maximum atomic E-state index is 12.4. The molecule has 0 aliphatic heterocycles. The monoisotopic (exact) mass is 324 g/mol. The highest BCUT2D eigenvalue weighted by molar-refractivity contribution is 7.89. The number of hydrogen-bond donors (Lipinski definition) is 1. The maximum absolute atomic E-state index is 12.4. The molecule has 2 rings (SSSR count). The fourth-order valence-corrected chi connectivity index (χ4v) is 3.37. The highest BCUT2D eigenvalue weighted by atomic mass is 32.2. The van der Waals surface area contributed by atoms with Gasteiger partial charge in [-0.2, -0.15) is 0 Å². The van der Waals surface area contributed by atoms with E-state index in [9.17, 15) is 18.0 Å². The number of aromatic nitrogens is 3. The van der Waals surface area contributed by atoms with Crippen LogP contribution in [0.5, 0.6) is 0 Å². The first kappa shape index (κ1) is 16.1. The first-order valence-electron chi connectivity index (χ1n) is 6.41. The Bertz CT molecular complexity index is 914. The van der Waals surface area contributed by atoms with Crippen molar-refractivity contribution in [2.45, 2.75) is 18.4 Å². The van der Waals surface area contributed by atoms with Crippen LogP contribution < -0.4 is 16.0 Å². The van der Waals surface area contributed by atoms with Crippen molar-refractivity contribution in [2.24, 2.45) is 14.1 Å². The maximum Gasteiger partial charge on any atom is 0.330 e. The van der Waals surface area contributed by atoms with Crippen LogP contribution in [0.15, 0.2) is 39.0 Å². The molecule has 0 spiro atoms. The van der Waals surface area contributed by atoms with Gasteiger partial charge in [-0.25, -0.2) is 17.9 Å². The van der Waals surface area contributed by atoms with Gasteiger partial charge in [0.25, 0.3) is 5.56 Å². The van der Waals surface area contributed by atoms with Crippen molar-refractivity contribution < 1.29 is 8.42 Å². The van der Waals surface area contributed by atoms with Crippen LogP contribution in [0.1, 0.15) is 11.3 Å². The lowest BCUT2D eigenvalue weighted by Crippen LogP contribution is -2.43. The van der Waals surface area contributed by atoms with Crippen molar-refractivity contribution in [1.29, 1.82) is 0 Å². The molecule has 2 heterocycles. The Hall–Kier alpha value is -2.26. The molecule has 0 unspecified atom stereocenters. The van der Waals surface area contributed by atoms with Crippen LogP contribution in [0.2, 0.25) is 0 Å². The quantitative estimate of drug-likeness (QED) is 0.798. The summed E-state index contributed by atoms with van der Waals surface area (Å²) >= 11 is 0. The Morgan fingerprint density at radius 2 is 1.73 bits per heavy atom. The summed E-state index contributed by atoms with van der Waals surface area (Å²) in [6, 6.07) is 3.32. The number of nitrogens with one attached hydrogen (secondary N) is 1. The van der Waals surface area contributed by atoms with E-state index < -0.39 is 26.2 Å². The average Bonchev–Trinajstić information content (AvgIpc) is 2.50. The minimum Gasteiger partial charge on any atom is -0.300 e. The molecule has 0 fully saturated rings. The largest absolute Gasteiger partial charge is 0.330 e. The second-order valence-electron chi connectivity index (χ2n) is 4.80. The van der Waals surface area contributed by atoms with Crippen molar-refractivity contribution in [2.75, 3.05) is 0 Å². The smallest absolute Gasteiger partial charge is 0.300 e. The van der Waals surface area contributed by atoms with Gasteiger partial charge in [0.1, 0.15) is 0 Å². The summed E-state index contributed by atoms with van der Waals surface area (Å²) in [5, 5.41) is 0. The molecule has 0 amide bonds. The van der Waals surface area contributed by atoms with Crippen LogP contribution in [0.4, 0.5) is 0 Å². The Labute approximate surface area is 127 Å². The predicted molar refractivity (Wildman–Crippen MR) is 79.9 cm³/mol. The Morgan fingerprint density at radius 1 is 1.14 bits per heavy atom. The van der Waals surface area contributed by atoms with Gasteiger partial charge in [-0.05, 0) is 24.6 Å². The predicted octanol–water partition coefficient (Wildman–Crippen LogP) is -0.734. The molecule has 0 atom stereocenters. The van der Waals surface area contributed by atoms with Gasteiger partial charge in [-0.15, -0.1) is 0 Å². The van der Waals surface area contributed by atoms with E-state index >= 15 is 0 Å². The summed E-state index contributed by atoms with van der Waals surface area (Å²) in [6.07, 6.45) is 3.08. The van der Waals surface area contributed by atoms with Gasteiger partial charge in [0, 0.05) is 38.7 Å². The number of pyridine rings is 1. The molecule has 118 valence electrons. The SMILES string of the molecule is Cc1c(S(=O)(=O)NCc2ccncc2)c(=O)n(C)c(=O)n1C. The van der Waals surface area contributed by atoms with E-state index in [0.717, 1.165) is 9.13 Å². The Kier molecular flexibility index (Phi) is 4.29. The lowest BCUT2D eigenvalue weighted by molar-refractivity contribution is 0.566. The van der Waals surface area contributed by atoms with Gasteiger partial charge in [-0.3, -0.25) is 18.9 Å². The highest BCUT2D eigenvalue weighted by Crippen LogP contribution is 2.08. The topological polar surface area (TPSA) is 103 Å². The molecule has 1 N–H and O–H groups in total. The molecule has 0 saturated carbocycles. The van der Waals surface area contributed by atoms with E-state index in [1.54, 1.807) is 24.5 Å². The van der Waals surface area contributed by atoms with Crippen molar-refractivity contribution in [3.63, 3.8) is 0 Å². The third-order valence-corrected chi connectivity index (χ3v) is 4.92. The number of hydrogen-bond acceptors (Lipinski definition) is 5. The van der Waals surface area contributed by atoms with Gasteiger partial charge >= 0.3 is 5.69 Å². The summed E-state index contributed by atoms with van der Waals surface area (Å²) in [4.78, 5) is 27.3. The first-order valence-corrected chi connectivity index (χ1v) is 7.89. The molecule has 0 radical (unpaired) electrons. The van der Waals surface area contributed by atoms with Gasteiger partial charge in [0.15, 0.2) is 4.90 Å². The molecular formula is C13H16N4O4S. The zero-order valence-corrected chi connectivity index (χ0v) is 13.2. The first-order chi connectivity index (χ1) is 10.3. The van der Waals surface area contributed by atoms with Gasteiger partial charge < -0.3 is 0 Å². The van der Waals surface area contributed by atoms with E-state index in [-0.39, 0.29) is 12.2 Å². The minimum absolute atomic E-state index is 0.0241. The van der Waals surface area contributed by atoms with Crippen LogP contribution in [0.25, 0.3) is 0 Å². The van der Waals surface area contributed by atoms with Crippen LogP contribution in [-0.4, -0.2) is 22.5 Å². The molecule has 0 bridgehead atoms. The molecule has 2 aromatic heterocycles. The van der Waals surface area contributed by atoms with E-state index in [1.807, 2.05) is 0 Å². The summed E-state index contributed by atoms with van der Waals surface area (Å²) in [5.41, 5.74) is -0.619. The van der Waals surface area contributed by atoms with Gasteiger partial charge in [0.2, 0.25) is 10.0 Å². The van der Waals surface area contributed by atoms with E-state index in [2.05, 4.69) is 9.71 Å². The number of nitrogens with zero attached hydrogens (tertiary/aromatic N) is 3. The fraction of sp³-hybridized carbons (Fsp3) is 0.308. The van der Waals surface area contributed by atoms with Crippen LogP contribution in [0.3, 0.4) is 0 Å². The Balaban J connectivity index is 2.47. The second kappa shape index (κ2) is 5.85. The minimum atomic E-state index is -4.05. The molecule has 0 aromatic carbocycles. The third-order valence-electron chi connectivity index (χ3n) is 3.39. The molecule has 0 saturated heterocycles. The zero-order valence-electron chi connectivity index (χ0n) is 12.4. The van der Waals surface area contributed by atoms with Crippen molar-refractivity contribution >= 4 is 10.0 Å². The van der Waals surface area contributed by atoms with Crippen molar-refractivity contribution in [1.82, 2.24) is 18.8 Å². The fourth-order valence-electron chi connectivity index (χ4n) is 1.98. The number of rotatable bonds is 4. The van der Waals surface area contributed by atoms with E-state index in [4.69, 9.17) is 0 Å². The summed E-state index contributed by atoms with van der Waals surface area (Å²) in [7, 11) is -1.39. The van der Waals surface area contributed by atoms with Crippen LogP contribution in [-0.2, 0) is 30.7 Å². The summed E-state index contributed by atoms with van der Waals surface area (Å²) < 4.78 is 29.1. The number of sulfonamides is 1. The second-order valence-corrected chi connectivity index (χ2v) is 6.50. The van der Waals surface area contributed by atoms with Crippen molar-refractivity contribution in [3.05, 3.63) is 56.6 Å². The molecule has 0 aliphatic rings. The summed E-state index contributed by atoms with van der Waals surface area (Å²) in [6.45, 7) is 1.44. The molecule has 22 heavy (non-hydrogen) atoms. The standard InChI is InChI=1S/C13H16N4O4S/c1-9-11(12(18)17(3)13(19)16(9)2)22(20,21)15-8-10-4-6-14-7-5-10/h4-7,15H,8H2,1-3H3. The van der Waals surface area contributed by atoms with Crippen LogP contribution in [0, 0.1) is 6.92 Å².